The second-order valence-corrected chi connectivity index (χ2v) is 3.86. The van der Waals surface area contributed by atoms with Crippen molar-refractivity contribution in [1.29, 1.82) is 0 Å². The summed E-state index contributed by atoms with van der Waals surface area (Å²) in [4.78, 5) is 11.3. The number of Topliss-reactive ketones (excluding diaryl/α,β-unsaturated/α-hetero) is 1. The second kappa shape index (κ2) is 5.39. The van der Waals surface area contributed by atoms with Crippen LogP contribution in [0.4, 0.5) is 0 Å². The van der Waals surface area contributed by atoms with E-state index in [0.717, 1.165) is 11.4 Å². The lowest BCUT2D eigenvalue weighted by Gasteiger charge is -2.04. The fourth-order valence-electron chi connectivity index (χ4n) is 1.66. The predicted molar refractivity (Wildman–Crippen MR) is 65.0 cm³/mol. The van der Waals surface area contributed by atoms with Gasteiger partial charge in [0.05, 0.1) is 17.6 Å². The largest absolute Gasteiger partial charge is 0.300 e. The van der Waals surface area contributed by atoms with Gasteiger partial charge in [0, 0.05) is 12.8 Å². The van der Waals surface area contributed by atoms with Gasteiger partial charge in [-0.1, -0.05) is 30.3 Å². The number of para-hydroxylation sites is 1. The Balaban J connectivity index is 2.15. The van der Waals surface area contributed by atoms with Crippen molar-refractivity contribution in [3.63, 3.8) is 0 Å². The number of nitrogens with zero attached hydrogens (tertiary/aromatic N) is 3. The van der Waals surface area contributed by atoms with Crippen LogP contribution in [0.1, 0.15) is 25.5 Å². The quantitative estimate of drug-likeness (QED) is 0.789. The Morgan fingerprint density at radius 3 is 2.76 bits per heavy atom. The molecule has 0 amide bonds. The maximum Gasteiger partial charge on any atom is 0.133 e. The summed E-state index contributed by atoms with van der Waals surface area (Å²) in [6.45, 7) is 1.88. The fraction of sp³-hybridized carbons (Fsp3) is 0.308. The van der Waals surface area contributed by atoms with Gasteiger partial charge in [0.1, 0.15) is 5.78 Å². The second-order valence-electron chi connectivity index (χ2n) is 3.86. The Labute approximate surface area is 100 Å². The number of aromatic nitrogens is 3. The first kappa shape index (κ1) is 11.5. The van der Waals surface area contributed by atoms with Crippen LogP contribution in [0.15, 0.2) is 36.5 Å². The summed E-state index contributed by atoms with van der Waals surface area (Å²) >= 11 is 0. The van der Waals surface area contributed by atoms with Crippen molar-refractivity contribution in [2.45, 2.75) is 26.2 Å². The first-order valence-corrected chi connectivity index (χ1v) is 5.78. The Bertz CT molecular complexity index is 490. The number of carbonyl (C=O) groups is 1. The predicted octanol–water partition coefficient (Wildman–Crippen LogP) is 2.18. The van der Waals surface area contributed by atoms with Crippen LogP contribution >= 0.6 is 0 Å². The molecule has 2 rings (SSSR count). The third-order valence-electron chi connectivity index (χ3n) is 2.67. The molecule has 1 heterocycles. The molecular formula is C13H15N3O. The van der Waals surface area contributed by atoms with Gasteiger partial charge in [0.2, 0.25) is 0 Å². The van der Waals surface area contributed by atoms with Crippen LogP contribution in [-0.2, 0) is 11.2 Å². The van der Waals surface area contributed by atoms with E-state index in [2.05, 4.69) is 10.3 Å². The highest BCUT2D eigenvalue weighted by Crippen LogP contribution is 2.10. The maximum atomic E-state index is 11.3. The summed E-state index contributed by atoms with van der Waals surface area (Å²) in [7, 11) is 0. The SMILES string of the molecule is CCC(=O)CCc1cnnn1-c1ccccc1. The standard InChI is InChI=1S/C13H15N3O/c1-2-13(17)9-8-12-10-14-15-16(12)11-6-4-3-5-7-11/h3-7,10H,2,8-9H2,1H3. The number of hydrogen-bond donors (Lipinski definition) is 0. The van der Waals surface area contributed by atoms with Crippen molar-refractivity contribution < 1.29 is 4.79 Å². The first-order chi connectivity index (χ1) is 8.31. The summed E-state index contributed by atoms with van der Waals surface area (Å²) < 4.78 is 1.78. The van der Waals surface area contributed by atoms with Gasteiger partial charge < -0.3 is 0 Å². The number of benzene rings is 1. The van der Waals surface area contributed by atoms with E-state index in [4.69, 9.17) is 0 Å². The maximum absolute atomic E-state index is 11.3. The molecule has 0 saturated carbocycles. The summed E-state index contributed by atoms with van der Waals surface area (Å²) in [5, 5.41) is 7.95. The zero-order valence-corrected chi connectivity index (χ0v) is 9.84. The Hall–Kier alpha value is -1.97. The molecule has 17 heavy (non-hydrogen) atoms. The van der Waals surface area contributed by atoms with Gasteiger partial charge in [-0.15, -0.1) is 5.10 Å². The molecule has 0 spiro atoms. The van der Waals surface area contributed by atoms with Gasteiger partial charge in [-0.2, -0.15) is 0 Å². The lowest BCUT2D eigenvalue weighted by molar-refractivity contribution is -0.118. The Kier molecular flexibility index (Phi) is 3.65. The number of ketones is 1. The van der Waals surface area contributed by atoms with E-state index in [-0.39, 0.29) is 5.78 Å². The number of hydrogen-bond acceptors (Lipinski definition) is 3. The van der Waals surface area contributed by atoms with Crippen LogP contribution in [0.25, 0.3) is 5.69 Å². The average Bonchev–Trinajstić information content (AvgIpc) is 2.85. The monoisotopic (exact) mass is 229 g/mol. The number of rotatable bonds is 5. The van der Waals surface area contributed by atoms with Crippen LogP contribution in [0.5, 0.6) is 0 Å². The molecule has 0 N–H and O–H groups in total. The molecule has 4 nitrogen and oxygen atoms in total. The van der Waals surface area contributed by atoms with Crippen molar-refractivity contribution in [2.75, 3.05) is 0 Å². The van der Waals surface area contributed by atoms with Crippen LogP contribution in [0.2, 0.25) is 0 Å². The van der Waals surface area contributed by atoms with Gasteiger partial charge in [0.15, 0.2) is 0 Å². The zero-order chi connectivity index (χ0) is 12.1. The molecule has 0 unspecified atom stereocenters. The third-order valence-corrected chi connectivity index (χ3v) is 2.67. The molecule has 1 aromatic heterocycles. The summed E-state index contributed by atoms with van der Waals surface area (Å²) in [5.74, 6) is 0.269. The molecular weight excluding hydrogens is 214 g/mol. The lowest BCUT2D eigenvalue weighted by atomic mass is 10.1. The van der Waals surface area contributed by atoms with Crippen molar-refractivity contribution in [2.24, 2.45) is 0 Å². The third kappa shape index (κ3) is 2.78. The fourth-order valence-corrected chi connectivity index (χ4v) is 1.66. The van der Waals surface area contributed by atoms with Gasteiger partial charge in [-0.05, 0) is 18.6 Å². The molecule has 0 aliphatic carbocycles. The minimum Gasteiger partial charge on any atom is -0.300 e. The van der Waals surface area contributed by atoms with E-state index in [1.807, 2.05) is 37.3 Å². The van der Waals surface area contributed by atoms with Gasteiger partial charge in [-0.25, -0.2) is 4.68 Å². The first-order valence-electron chi connectivity index (χ1n) is 5.78. The van der Waals surface area contributed by atoms with E-state index in [1.165, 1.54) is 0 Å². The molecule has 0 saturated heterocycles. The molecule has 2 aromatic rings. The van der Waals surface area contributed by atoms with Crippen molar-refractivity contribution in [3.05, 3.63) is 42.2 Å². The van der Waals surface area contributed by atoms with E-state index >= 15 is 0 Å². The number of aryl methyl sites for hydroxylation is 1. The van der Waals surface area contributed by atoms with Crippen molar-refractivity contribution in [3.8, 4) is 5.69 Å². The summed E-state index contributed by atoms with van der Waals surface area (Å²) in [6, 6.07) is 9.82. The molecule has 0 aliphatic heterocycles. The Morgan fingerprint density at radius 1 is 1.29 bits per heavy atom. The summed E-state index contributed by atoms with van der Waals surface area (Å²) in [5.41, 5.74) is 1.95. The van der Waals surface area contributed by atoms with Crippen LogP contribution in [0, 0.1) is 0 Å². The zero-order valence-electron chi connectivity index (χ0n) is 9.84. The topological polar surface area (TPSA) is 47.8 Å². The molecule has 0 atom stereocenters. The van der Waals surface area contributed by atoms with Crippen molar-refractivity contribution in [1.82, 2.24) is 15.0 Å². The molecule has 88 valence electrons. The van der Waals surface area contributed by atoms with Gasteiger partial charge in [-0.3, -0.25) is 4.79 Å². The van der Waals surface area contributed by atoms with E-state index in [9.17, 15) is 4.79 Å². The van der Waals surface area contributed by atoms with Crippen LogP contribution < -0.4 is 0 Å². The highest BCUT2D eigenvalue weighted by Gasteiger charge is 2.07. The number of carbonyl (C=O) groups excluding carboxylic acids is 1. The molecule has 0 fully saturated rings. The highest BCUT2D eigenvalue weighted by atomic mass is 16.1. The molecule has 4 heteroatoms. The molecule has 1 aromatic carbocycles. The smallest absolute Gasteiger partial charge is 0.133 e. The minimum absolute atomic E-state index is 0.269. The van der Waals surface area contributed by atoms with Crippen LogP contribution in [0.3, 0.4) is 0 Å². The van der Waals surface area contributed by atoms with Crippen LogP contribution in [-0.4, -0.2) is 20.8 Å². The van der Waals surface area contributed by atoms with E-state index in [1.54, 1.807) is 10.9 Å². The van der Waals surface area contributed by atoms with E-state index in [0.29, 0.717) is 19.3 Å². The molecule has 0 radical (unpaired) electrons. The van der Waals surface area contributed by atoms with Gasteiger partial charge in [0.25, 0.3) is 0 Å². The Morgan fingerprint density at radius 2 is 2.06 bits per heavy atom. The minimum atomic E-state index is 0.269. The van der Waals surface area contributed by atoms with Crippen molar-refractivity contribution >= 4 is 5.78 Å². The normalized spacial score (nSPS) is 10.4. The van der Waals surface area contributed by atoms with E-state index < -0.39 is 0 Å². The summed E-state index contributed by atoms with van der Waals surface area (Å²) in [6.07, 6.45) is 3.55. The molecule has 0 aliphatic rings. The molecule has 0 bridgehead atoms. The lowest BCUT2D eigenvalue weighted by Crippen LogP contribution is -2.05. The average molecular weight is 229 g/mol. The van der Waals surface area contributed by atoms with Gasteiger partial charge >= 0.3 is 0 Å². The highest BCUT2D eigenvalue weighted by molar-refractivity contribution is 5.78.